The molecule has 0 saturated heterocycles. The fourth-order valence-electron chi connectivity index (χ4n) is 2.27. The molecule has 0 bridgehead atoms. The topological polar surface area (TPSA) is 48.2 Å². The van der Waals surface area contributed by atoms with Crippen LogP contribution in [0.2, 0.25) is 0 Å². The molecule has 1 aliphatic heterocycles. The zero-order valence-corrected chi connectivity index (χ0v) is 13.0. The van der Waals surface area contributed by atoms with E-state index in [9.17, 15) is 0 Å². The predicted molar refractivity (Wildman–Crippen MR) is 85.8 cm³/mol. The average Bonchev–Trinajstić information content (AvgIpc) is 2.53. The summed E-state index contributed by atoms with van der Waals surface area (Å²) in [4.78, 5) is 4.69. The van der Waals surface area contributed by atoms with Crippen molar-refractivity contribution in [2.75, 3.05) is 12.3 Å². The van der Waals surface area contributed by atoms with Crippen molar-refractivity contribution in [2.24, 2.45) is 10.4 Å². The number of nitriles is 1. The van der Waals surface area contributed by atoms with Gasteiger partial charge in [0.05, 0.1) is 11.6 Å². The van der Waals surface area contributed by atoms with Crippen LogP contribution < -0.4 is 5.32 Å². The molecule has 0 radical (unpaired) electrons. The van der Waals surface area contributed by atoms with Gasteiger partial charge in [0.2, 0.25) is 0 Å². The molecule has 1 aromatic carbocycles. The average molecular weight is 287 g/mol. The Labute approximate surface area is 125 Å². The van der Waals surface area contributed by atoms with E-state index in [-0.39, 0.29) is 0 Å². The van der Waals surface area contributed by atoms with Gasteiger partial charge < -0.3 is 5.32 Å². The van der Waals surface area contributed by atoms with Crippen LogP contribution in [0.25, 0.3) is 0 Å². The van der Waals surface area contributed by atoms with Crippen LogP contribution in [0, 0.1) is 16.7 Å². The van der Waals surface area contributed by atoms with Crippen LogP contribution in [0.3, 0.4) is 0 Å². The highest BCUT2D eigenvalue weighted by atomic mass is 32.2. The van der Waals surface area contributed by atoms with E-state index in [0.29, 0.717) is 11.0 Å². The standard InChI is InChI=1S/C16H21N3S/c1-3-16(4-2)11-19-15(20-12-16)18-10-14-7-5-6-13(8-14)9-17/h5-8H,3-4,10-12H2,1-2H3,(H,18,19). The molecule has 0 atom stereocenters. The van der Waals surface area contributed by atoms with E-state index in [2.05, 4.69) is 30.2 Å². The van der Waals surface area contributed by atoms with Gasteiger partial charge in [-0.3, -0.25) is 4.99 Å². The fourth-order valence-corrected chi connectivity index (χ4v) is 3.54. The highest BCUT2D eigenvalue weighted by Crippen LogP contribution is 2.34. The molecule has 1 aromatic rings. The smallest absolute Gasteiger partial charge is 0.156 e. The molecule has 2 rings (SSSR count). The Hall–Kier alpha value is -1.47. The molecule has 106 valence electrons. The van der Waals surface area contributed by atoms with Gasteiger partial charge in [-0.2, -0.15) is 5.26 Å². The highest BCUT2D eigenvalue weighted by molar-refractivity contribution is 8.13. The van der Waals surface area contributed by atoms with Gasteiger partial charge in [-0.1, -0.05) is 37.7 Å². The van der Waals surface area contributed by atoms with E-state index in [1.807, 2.05) is 36.0 Å². The van der Waals surface area contributed by atoms with Crippen LogP contribution in [0.15, 0.2) is 29.3 Å². The summed E-state index contributed by atoms with van der Waals surface area (Å²) in [6.45, 7) is 6.16. The van der Waals surface area contributed by atoms with Crippen molar-refractivity contribution >= 4 is 16.9 Å². The summed E-state index contributed by atoms with van der Waals surface area (Å²) in [7, 11) is 0. The maximum atomic E-state index is 8.89. The largest absolute Gasteiger partial charge is 0.361 e. The molecule has 0 unspecified atom stereocenters. The van der Waals surface area contributed by atoms with Gasteiger partial charge in [-0.25, -0.2) is 0 Å². The molecule has 4 heteroatoms. The number of thioether (sulfide) groups is 1. The van der Waals surface area contributed by atoms with Crippen LogP contribution in [0.5, 0.6) is 0 Å². The molecule has 0 aliphatic carbocycles. The lowest BCUT2D eigenvalue weighted by Crippen LogP contribution is -2.34. The number of nitrogens with zero attached hydrogens (tertiary/aromatic N) is 2. The van der Waals surface area contributed by atoms with E-state index < -0.39 is 0 Å². The summed E-state index contributed by atoms with van der Waals surface area (Å²) in [6, 6.07) is 9.87. The van der Waals surface area contributed by atoms with Gasteiger partial charge in [0.25, 0.3) is 0 Å². The molecular formula is C16H21N3S. The predicted octanol–water partition coefficient (Wildman–Crippen LogP) is 3.56. The third kappa shape index (κ3) is 3.55. The third-order valence-corrected chi connectivity index (χ3v) is 5.38. The Morgan fingerprint density at radius 1 is 1.40 bits per heavy atom. The molecule has 1 aliphatic rings. The molecule has 0 amide bonds. The van der Waals surface area contributed by atoms with Gasteiger partial charge in [-0.15, -0.1) is 0 Å². The first kappa shape index (κ1) is 14.9. The van der Waals surface area contributed by atoms with Crippen molar-refractivity contribution in [3.8, 4) is 6.07 Å². The van der Waals surface area contributed by atoms with Crippen molar-refractivity contribution in [3.63, 3.8) is 0 Å². The van der Waals surface area contributed by atoms with E-state index in [0.717, 1.165) is 29.6 Å². The van der Waals surface area contributed by atoms with E-state index >= 15 is 0 Å². The van der Waals surface area contributed by atoms with Gasteiger partial charge >= 0.3 is 0 Å². The van der Waals surface area contributed by atoms with Crippen LogP contribution in [0.4, 0.5) is 0 Å². The molecule has 3 nitrogen and oxygen atoms in total. The first-order chi connectivity index (χ1) is 9.71. The van der Waals surface area contributed by atoms with E-state index in [4.69, 9.17) is 5.26 Å². The molecular weight excluding hydrogens is 266 g/mol. The minimum absolute atomic E-state index is 0.385. The minimum atomic E-state index is 0.385. The minimum Gasteiger partial charge on any atom is -0.361 e. The first-order valence-corrected chi connectivity index (χ1v) is 8.10. The van der Waals surface area contributed by atoms with Gasteiger partial charge in [0, 0.05) is 18.8 Å². The van der Waals surface area contributed by atoms with Crippen LogP contribution in [-0.2, 0) is 6.54 Å². The molecule has 1 heterocycles. The zero-order valence-electron chi connectivity index (χ0n) is 12.1. The van der Waals surface area contributed by atoms with Crippen LogP contribution >= 0.6 is 11.8 Å². The van der Waals surface area contributed by atoms with E-state index in [1.165, 1.54) is 12.8 Å². The second kappa shape index (κ2) is 6.81. The van der Waals surface area contributed by atoms with E-state index in [1.54, 1.807) is 0 Å². The summed E-state index contributed by atoms with van der Waals surface area (Å²) in [5.74, 6) is 1.14. The van der Waals surface area contributed by atoms with Gasteiger partial charge in [-0.05, 0) is 36.0 Å². The molecule has 20 heavy (non-hydrogen) atoms. The lowest BCUT2D eigenvalue weighted by Gasteiger charge is -2.33. The lowest BCUT2D eigenvalue weighted by atomic mass is 9.84. The summed E-state index contributed by atoms with van der Waals surface area (Å²) < 4.78 is 0. The zero-order chi connectivity index (χ0) is 14.4. The number of hydrogen-bond acceptors (Lipinski definition) is 4. The molecule has 0 saturated carbocycles. The number of rotatable bonds is 4. The van der Waals surface area contributed by atoms with Gasteiger partial charge in [0.15, 0.2) is 5.17 Å². The van der Waals surface area contributed by atoms with Crippen molar-refractivity contribution in [1.29, 1.82) is 5.26 Å². The normalized spacial score (nSPS) is 17.1. The second-order valence-corrected chi connectivity index (χ2v) is 6.25. The summed E-state index contributed by atoms with van der Waals surface area (Å²) in [5, 5.41) is 13.3. The summed E-state index contributed by atoms with van der Waals surface area (Å²) in [6.07, 6.45) is 2.38. The Bertz CT molecular complexity index is 527. The molecule has 0 aromatic heterocycles. The monoisotopic (exact) mass is 287 g/mol. The number of aliphatic imine (C=N–C) groups is 1. The van der Waals surface area contributed by atoms with Crippen molar-refractivity contribution < 1.29 is 0 Å². The SMILES string of the molecule is CCC1(CC)CN=C(NCc2cccc(C#N)c2)SC1. The Morgan fingerprint density at radius 3 is 2.80 bits per heavy atom. The van der Waals surface area contributed by atoms with Crippen LogP contribution in [-0.4, -0.2) is 17.5 Å². The Balaban J connectivity index is 1.92. The number of amidine groups is 1. The van der Waals surface area contributed by atoms with Crippen molar-refractivity contribution in [1.82, 2.24) is 5.32 Å². The van der Waals surface area contributed by atoms with Gasteiger partial charge in [0.1, 0.15) is 0 Å². The molecule has 0 spiro atoms. The van der Waals surface area contributed by atoms with Crippen molar-refractivity contribution in [2.45, 2.75) is 33.2 Å². The Morgan fingerprint density at radius 2 is 2.20 bits per heavy atom. The Kier molecular flexibility index (Phi) is 5.08. The quantitative estimate of drug-likeness (QED) is 0.921. The summed E-state index contributed by atoms with van der Waals surface area (Å²) in [5.41, 5.74) is 2.21. The highest BCUT2D eigenvalue weighted by Gasteiger charge is 2.29. The lowest BCUT2D eigenvalue weighted by molar-refractivity contribution is 0.318. The van der Waals surface area contributed by atoms with Crippen LogP contribution in [0.1, 0.15) is 37.8 Å². The number of hydrogen-bond donors (Lipinski definition) is 1. The maximum Gasteiger partial charge on any atom is 0.156 e. The second-order valence-electron chi connectivity index (χ2n) is 5.28. The number of benzene rings is 1. The molecule has 1 N–H and O–H groups in total. The summed E-state index contributed by atoms with van der Waals surface area (Å²) >= 11 is 1.82. The number of nitrogens with one attached hydrogen (secondary N) is 1. The van der Waals surface area contributed by atoms with Crippen molar-refractivity contribution in [3.05, 3.63) is 35.4 Å². The molecule has 0 fully saturated rings. The third-order valence-electron chi connectivity index (χ3n) is 4.07. The first-order valence-electron chi connectivity index (χ1n) is 7.11. The fraction of sp³-hybridized carbons (Fsp3) is 0.500. The maximum absolute atomic E-state index is 8.89.